The molecule has 1 fully saturated rings. The first kappa shape index (κ1) is 19.4. The normalized spacial score (nSPS) is 15.6. The summed E-state index contributed by atoms with van der Waals surface area (Å²) in [5.74, 6) is -0.419. The number of carbonyl (C=O) groups excluding carboxylic acids is 2. The van der Waals surface area contributed by atoms with Gasteiger partial charge in [-0.1, -0.05) is 6.07 Å². The number of rotatable bonds is 4. The van der Waals surface area contributed by atoms with Crippen LogP contribution in [0.15, 0.2) is 41.8 Å². The lowest BCUT2D eigenvalue weighted by molar-refractivity contribution is -0.137. The van der Waals surface area contributed by atoms with Gasteiger partial charge in [0.05, 0.1) is 12.0 Å². The van der Waals surface area contributed by atoms with Crippen LogP contribution in [0.4, 0.5) is 18.9 Å². The highest BCUT2D eigenvalue weighted by atomic mass is 32.1. The summed E-state index contributed by atoms with van der Waals surface area (Å²) >= 11 is 1.54. The van der Waals surface area contributed by atoms with Gasteiger partial charge in [0.25, 0.3) is 0 Å². The molecule has 2 amide bonds. The Kier molecular flexibility index (Phi) is 5.84. The minimum absolute atomic E-state index is 0.0547. The van der Waals surface area contributed by atoms with Crippen molar-refractivity contribution in [2.24, 2.45) is 5.92 Å². The van der Waals surface area contributed by atoms with Crippen LogP contribution < -0.4 is 5.32 Å². The molecule has 1 aromatic carbocycles. The number of nitrogens with zero attached hydrogens (tertiary/aromatic N) is 1. The van der Waals surface area contributed by atoms with E-state index in [2.05, 4.69) is 5.32 Å². The Labute approximate surface area is 159 Å². The van der Waals surface area contributed by atoms with Crippen LogP contribution in [0.2, 0.25) is 0 Å². The highest BCUT2D eigenvalue weighted by Gasteiger charge is 2.30. The second-order valence-electron chi connectivity index (χ2n) is 6.48. The van der Waals surface area contributed by atoms with Crippen molar-refractivity contribution >= 4 is 28.8 Å². The monoisotopic (exact) mass is 396 g/mol. The molecule has 0 unspecified atom stereocenters. The van der Waals surface area contributed by atoms with Crippen molar-refractivity contribution in [3.05, 3.63) is 52.2 Å². The maximum absolute atomic E-state index is 12.6. The number of anilines is 1. The second kappa shape index (κ2) is 8.12. The molecule has 27 heavy (non-hydrogen) atoms. The van der Waals surface area contributed by atoms with E-state index in [-0.39, 0.29) is 17.7 Å². The molecule has 0 saturated carbocycles. The quantitative estimate of drug-likeness (QED) is 0.843. The maximum Gasteiger partial charge on any atom is 0.416 e. The summed E-state index contributed by atoms with van der Waals surface area (Å²) in [5.41, 5.74) is -0.415. The zero-order chi connectivity index (χ0) is 19.4. The molecule has 1 aliphatic heterocycles. The van der Waals surface area contributed by atoms with Crippen molar-refractivity contribution < 1.29 is 22.8 Å². The molecular weight excluding hydrogens is 377 g/mol. The highest BCUT2D eigenvalue weighted by molar-refractivity contribution is 7.10. The topological polar surface area (TPSA) is 49.4 Å². The van der Waals surface area contributed by atoms with E-state index in [1.165, 1.54) is 12.1 Å². The van der Waals surface area contributed by atoms with Gasteiger partial charge in [-0.25, -0.2) is 0 Å². The number of piperidine rings is 1. The fraction of sp³-hybridized carbons (Fsp3) is 0.368. The molecule has 0 atom stereocenters. The third-order valence-electron chi connectivity index (χ3n) is 4.60. The molecule has 0 aliphatic carbocycles. The van der Waals surface area contributed by atoms with E-state index in [0.717, 1.165) is 17.0 Å². The average Bonchev–Trinajstić information content (AvgIpc) is 3.14. The standard InChI is InChI=1S/C19H19F3N2O2S/c20-19(21,22)14-3-5-15(6-4-14)23-18(26)13-7-9-24(10-8-13)17(25)12-16-2-1-11-27-16/h1-6,11,13H,7-10,12H2,(H,23,26). The third-order valence-corrected chi connectivity index (χ3v) is 5.48. The van der Waals surface area contributed by atoms with Crippen LogP contribution in [-0.4, -0.2) is 29.8 Å². The summed E-state index contributed by atoms with van der Waals surface area (Å²) in [5, 5.41) is 4.59. The molecule has 0 radical (unpaired) electrons. The number of halogens is 3. The van der Waals surface area contributed by atoms with Crippen LogP contribution in [0.25, 0.3) is 0 Å². The Bertz CT molecular complexity index is 780. The van der Waals surface area contributed by atoms with Crippen LogP contribution in [-0.2, 0) is 22.2 Å². The molecule has 1 saturated heterocycles. The predicted molar refractivity (Wildman–Crippen MR) is 97.4 cm³/mol. The summed E-state index contributed by atoms with van der Waals surface area (Å²) < 4.78 is 37.7. The zero-order valence-electron chi connectivity index (χ0n) is 14.5. The van der Waals surface area contributed by atoms with Crippen LogP contribution in [0.5, 0.6) is 0 Å². The first-order valence-corrected chi connectivity index (χ1v) is 9.49. The van der Waals surface area contributed by atoms with Crippen molar-refractivity contribution in [2.75, 3.05) is 18.4 Å². The number of nitrogens with one attached hydrogen (secondary N) is 1. The van der Waals surface area contributed by atoms with E-state index < -0.39 is 11.7 Å². The molecule has 1 N–H and O–H groups in total. The number of likely N-dealkylation sites (tertiary alicyclic amines) is 1. The van der Waals surface area contributed by atoms with Crippen molar-refractivity contribution in [2.45, 2.75) is 25.4 Å². The average molecular weight is 396 g/mol. The number of hydrogen-bond acceptors (Lipinski definition) is 3. The number of benzene rings is 1. The van der Waals surface area contributed by atoms with E-state index in [0.29, 0.717) is 38.0 Å². The van der Waals surface area contributed by atoms with Gasteiger partial charge in [0.1, 0.15) is 0 Å². The third kappa shape index (κ3) is 5.09. The van der Waals surface area contributed by atoms with Gasteiger partial charge in [0.2, 0.25) is 11.8 Å². The molecule has 1 aromatic heterocycles. The Balaban J connectivity index is 1.49. The van der Waals surface area contributed by atoms with E-state index in [9.17, 15) is 22.8 Å². The van der Waals surface area contributed by atoms with E-state index in [1.807, 2.05) is 17.5 Å². The number of carbonyl (C=O) groups is 2. The second-order valence-corrected chi connectivity index (χ2v) is 7.51. The van der Waals surface area contributed by atoms with E-state index >= 15 is 0 Å². The van der Waals surface area contributed by atoms with Crippen LogP contribution in [0.1, 0.15) is 23.3 Å². The van der Waals surface area contributed by atoms with Gasteiger partial charge in [-0.3, -0.25) is 9.59 Å². The fourth-order valence-electron chi connectivity index (χ4n) is 3.05. The Hall–Kier alpha value is -2.35. The molecule has 1 aliphatic rings. The van der Waals surface area contributed by atoms with Crippen molar-refractivity contribution in [1.82, 2.24) is 4.90 Å². The largest absolute Gasteiger partial charge is 0.416 e. The van der Waals surface area contributed by atoms with Gasteiger partial charge in [-0.05, 0) is 48.6 Å². The molecule has 2 aromatic rings. The van der Waals surface area contributed by atoms with Crippen molar-refractivity contribution in [3.63, 3.8) is 0 Å². The Morgan fingerprint density at radius 2 is 1.78 bits per heavy atom. The van der Waals surface area contributed by atoms with Gasteiger partial charge >= 0.3 is 6.18 Å². The van der Waals surface area contributed by atoms with Crippen molar-refractivity contribution in [1.29, 1.82) is 0 Å². The molecule has 8 heteroatoms. The molecule has 4 nitrogen and oxygen atoms in total. The van der Waals surface area contributed by atoms with Crippen LogP contribution in [0.3, 0.4) is 0 Å². The van der Waals surface area contributed by atoms with Gasteiger partial charge in [0.15, 0.2) is 0 Å². The summed E-state index contributed by atoms with van der Waals surface area (Å²) in [6.45, 7) is 1.02. The maximum atomic E-state index is 12.6. The number of thiophene rings is 1. The van der Waals surface area contributed by atoms with Gasteiger partial charge in [-0.15, -0.1) is 11.3 Å². The number of amides is 2. The summed E-state index contributed by atoms with van der Waals surface area (Å²) in [4.78, 5) is 27.4. The first-order valence-electron chi connectivity index (χ1n) is 8.61. The lowest BCUT2D eigenvalue weighted by Gasteiger charge is -2.31. The number of alkyl halides is 3. The van der Waals surface area contributed by atoms with Crippen LogP contribution in [0, 0.1) is 5.92 Å². The van der Waals surface area contributed by atoms with Crippen LogP contribution >= 0.6 is 11.3 Å². The molecular formula is C19H19F3N2O2S. The van der Waals surface area contributed by atoms with Gasteiger partial charge < -0.3 is 10.2 Å². The summed E-state index contributed by atoms with van der Waals surface area (Å²) in [7, 11) is 0. The minimum atomic E-state index is -4.40. The minimum Gasteiger partial charge on any atom is -0.342 e. The number of hydrogen-bond donors (Lipinski definition) is 1. The lowest BCUT2D eigenvalue weighted by Crippen LogP contribution is -2.42. The molecule has 144 valence electrons. The van der Waals surface area contributed by atoms with Gasteiger partial charge in [-0.2, -0.15) is 13.2 Å². The molecule has 2 heterocycles. The fourth-order valence-corrected chi connectivity index (χ4v) is 3.75. The highest BCUT2D eigenvalue weighted by Crippen LogP contribution is 2.30. The summed E-state index contributed by atoms with van der Waals surface area (Å²) in [6, 6.07) is 8.22. The predicted octanol–water partition coefficient (Wildman–Crippen LogP) is 4.19. The SMILES string of the molecule is O=C(Nc1ccc(C(F)(F)F)cc1)C1CCN(C(=O)Cc2cccs2)CC1. The van der Waals surface area contributed by atoms with E-state index in [4.69, 9.17) is 0 Å². The van der Waals surface area contributed by atoms with Gasteiger partial charge in [0, 0.05) is 29.6 Å². The molecule has 0 spiro atoms. The van der Waals surface area contributed by atoms with E-state index in [1.54, 1.807) is 16.2 Å². The molecule has 0 bridgehead atoms. The van der Waals surface area contributed by atoms with Crippen molar-refractivity contribution in [3.8, 4) is 0 Å². The first-order chi connectivity index (χ1) is 12.8. The Morgan fingerprint density at radius 1 is 1.11 bits per heavy atom. The lowest BCUT2D eigenvalue weighted by atomic mass is 9.95. The zero-order valence-corrected chi connectivity index (χ0v) is 15.3. The molecule has 3 rings (SSSR count). The Morgan fingerprint density at radius 3 is 2.33 bits per heavy atom. The summed E-state index contributed by atoms with van der Waals surface area (Å²) in [6.07, 6.45) is -2.93. The smallest absolute Gasteiger partial charge is 0.342 e.